The van der Waals surface area contributed by atoms with Gasteiger partial charge in [0.2, 0.25) is 0 Å². The normalized spacial score (nSPS) is 12.8. The number of ether oxygens (including phenoxy) is 1. The molecular formula is C21H22ClFN2O4. The Labute approximate surface area is 173 Å². The van der Waals surface area contributed by atoms with E-state index in [1.807, 2.05) is 0 Å². The summed E-state index contributed by atoms with van der Waals surface area (Å²) in [5.74, 6) is -3.11. The number of anilines is 1. The summed E-state index contributed by atoms with van der Waals surface area (Å²) in [5.41, 5.74) is 0.315. The summed E-state index contributed by atoms with van der Waals surface area (Å²) in [7, 11) is 0. The van der Waals surface area contributed by atoms with Gasteiger partial charge in [-0.3, -0.25) is 9.59 Å². The minimum Gasteiger partial charge on any atom is -0.451 e. The number of carbonyl (C=O) groups excluding carboxylic acids is 3. The number of carbonyl (C=O) groups is 3. The number of halogens is 2. The highest BCUT2D eigenvalue weighted by Gasteiger charge is 2.29. The molecule has 0 spiro atoms. The van der Waals surface area contributed by atoms with Gasteiger partial charge < -0.3 is 15.4 Å². The standard InChI is InChI=1S/C21H22ClFN2O4/c1-12(2)18(25-20(27)16-6-4-5-7-17(16)23)21(28)29-13(3)19(26)24-15-10-8-14(22)9-11-15/h4-13,18H,1-3H3,(H,24,26)(H,25,27)/t13-,18+/m1/s1. The quantitative estimate of drug-likeness (QED) is 0.667. The number of esters is 1. The fourth-order valence-corrected chi connectivity index (χ4v) is 2.57. The maximum atomic E-state index is 13.8. The van der Waals surface area contributed by atoms with Gasteiger partial charge in [0, 0.05) is 10.7 Å². The summed E-state index contributed by atoms with van der Waals surface area (Å²) in [6.45, 7) is 4.82. The second-order valence-corrected chi connectivity index (χ2v) is 7.19. The SMILES string of the molecule is CC(C)[C@H](NC(=O)c1ccccc1F)C(=O)O[C@H](C)C(=O)Nc1ccc(Cl)cc1. The molecule has 2 aromatic rings. The molecule has 0 heterocycles. The molecule has 0 aliphatic heterocycles. The molecule has 2 aromatic carbocycles. The Balaban J connectivity index is 2.01. The molecule has 6 nitrogen and oxygen atoms in total. The van der Waals surface area contributed by atoms with Crippen LogP contribution >= 0.6 is 11.6 Å². The second-order valence-electron chi connectivity index (χ2n) is 6.75. The lowest BCUT2D eigenvalue weighted by molar-refractivity contribution is -0.156. The van der Waals surface area contributed by atoms with Crippen LogP contribution in [0, 0.1) is 11.7 Å². The monoisotopic (exact) mass is 420 g/mol. The molecule has 8 heteroatoms. The number of rotatable bonds is 7. The van der Waals surface area contributed by atoms with Crippen LogP contribution in [0.15, 0.2) is 48.5 Å². The second kappa shape index (κ2) is 10.0. The van der Waals surface area contributed by atoms with Crippen molar-refractivity contribution >= 4 is 35.1 Å². The lowest BCUT2D eigenvalue weighted by atomic mass is 10.0. The molecule has 2 N–H and O–H groups in total. The third-order valence-electron chi connectivity index (χ3n) is 4.10. The van der Waals surface area contributed by atoms with E-state index in [1.165, 1.54) is 25.1 Å². The lowest BCUT2D eigenvalue weighted by Gasteiger charge is -2.23. The largest absolute Gasteiger partial charge is 0.451 e. The highest BCUT2D eigenvalue weighted by Crippen LogP contribution is 2.15. The van der Waals surface area contributed by atoms with E-state index < -0.39 is 35.7 Å². The molecule has 0 saturated carbocycles. The first kappa shape index (κ1) is 22.4. The van der Waals surface area contributed by atoms with Gasteiger partial charge in [-0.1, -0.05) is 37.6 Å². The Bertz CT molecular complexity index is 887. The molecular weight excluding hydrogens is 399 g/mol. The van der Waals surface area contributed by atoms with Crippen molar-refractivity contribution in [3.8, 4) is 0 Å². The highest BCUT2D eigenvalue weighted by atomic mass is 35.5. The van der Waals surface area contributed by atoms with Crippen LogP contribution < -0.4 is 10.6 Å². The smallest absolute Gasteiger partial charge is 0.329 e. The van der Waals surface area contributed by atoms with Crippen LogP contribution in [-0.4, -0.2) is 29.9 Å². The number of amides is 2. The molecule has 0 aliphatic rings. The van der Waals surface area contributed by atoms with Crippen molar-refractivity contribution in [3.63, 3.8) is 0 Å². The van der Waals surface area contributed by atoms with Crippen molar-refractivity contribution in [2.45, 2.75) is 32.9 Å². The van der Waals surface area contributed by atoms with Gasteiger partial charge in [0.1, 0.15) is 11.9 Å². The minimum absolute atomic E-state index is 0.181. The van der Waals surface area contributed by atoms with Gasteiger partial charge in [-0.05, 0) is 49.2 Å². The van der Waals surface area contributed by atoms with Crippen molar-refractivity contribution in [2.75, 3.05) is 5.32 Å². The van der Waals surface area contributed by atoms with Crippen molar-refractivity contribution in [3.05, 3.63) is 64.9 Å². The molecule has 154 valence electrons. The Morgan fingerprint density at radius 1 is 1.00 bits per heavy atom. The Morgan fingerprint density at radius 2 is 1.62 bits per heavy atom. The predicted octanol–water partition coefficient (Wildman–Crippen LogP) is 3.80. The fourth-order valence-electron chi connectivity index (χ4n) is 2.44. The summed E-state index contributed by atoms with van der Waals surface area (Å²) < 4.78 is 19.0. The number of hydrogen-bond donors (Lipinski definition) is 2. The van der Waals surface area contributed by atoms with E-state index in [0.717, 1.165) is 6.07 Å². The van der Waals surface area contributed by atoms with Gasteiger partial charge in [0.15, 0.2) is 6.10 Å². The van der Waals surface area contributed by atoms with E-state index in [1.54, 1.807) is 38.1 Å². The zero-order valence-corrected chi connectivity index (χ0v) is 17.0. The van der Waals surface area contributed by atoms with E-state index in [2.05, 4.69) is 10.6 Å². The summed E-state index contributed by atoms with van der Waals surface area (Å²) in [5, 5.41) is 5.60. The van der Waals surface area contributed by atoms with E-state index in [4.69, 9.17) is 16.3 Å². The van der Waals surface area contributed by atoms with Crippen LogP contribution in [0.25, 0.3) is 0 Å². The average Bonchev–Trinajstić information content (AvgIpc) is 2.67. The summed E-state index contributed by atoms with van der Waals surface area (Å²) in [4.78, 5) is 37.1. The van der Waals surface area contributed by atoms with Gasteiger partial charge in [-0.25, -0.2) is 9.18 Å². The number of benzene rings is 2. The third-order valence-corrected chi connectivity index (χ3v) is 4.35. The van der Waals surface area contributed by atoms with Crippen molar-refractivity contribution in [1.82, 2.24) is 5.32 Å². The number of hydrogen-bond acceptors (Lipinski definition) is 4. The molecule has 2 amide bonds. The van der Waals surface area contributed by atoms with Crippen LogP contribution in [0.2, 0.25) is 5.02 Å². The summed E-state index contributed by atoms with van der Waals surface area (Å²) >= 11 is 5.80. The lowest BCUT2D eigenvalue weighted by Crippen LogP contribution is -2.47. The average molecular weight is 421 g/mol. The van der Waals surface area contributed by atoms with Crippen molar-refractivity contribution in [1.29, 1.82) is 0 Å². The Hall–Kier alpha value is -2.93. The zero-order chi connectivity index (χ0) is 21.6. The van der Waals surface area contributed by atoms with Gasteiger partial charge in [0.25, 0.3) is 11.8 Å². The molecule has 29 heavy (non-hydrogen) atoms. The maximum Gasteiger partial charge on any atom is 0.329 e. The Morgan fingerprint density at radius 3 is 2.21 bits per heavy atom. The predicted molar refractivity (Wildman–Crippen MR) is 108 cm³/mol. The summed E-state index contributed by atoms with van der Waals surface area (Å²) in [6, 6.07) is 10.8. The molecule has 0 aromatic heterocycles. The fraction of sp³-hybridized carbons (Fsp3) is 0.286. The van der Waals surface area contributed by atoms with Crippen LogP contribution in [-0.2, 0) is 14.3 Å². The van der Waals surface area contributed by atoms with Crippen LogP contribution in [0.4, 0.5) is 10.1 Å². The first-order valence-corrected chi connectivity index (χ1v) is 9.39. The van der Waals surface area contributed by atoms with E-state index in [0.29, 0.717) is 10.7 Å². The summed E-state index contributed by atoms with van der Waals surface area (Å²) in [6.07, 6.45) is -1.11. The molecule has 0 bridgehead atoms. The van der Waals surface area contributed by atoms with Crippen molar-refractivity contribution in [2.24, 2.45) is 5.92 Å². The van der Waals surface area contributed by atoms with E-state index in [9.17, 15) is 18.8 Å². The zero-order valence-electron chi connectivity index (χ0n) is 16.2. The van der Waals surface area contributed by atoms with Crippen LogP contribution in [0.1, 0.15) is 31.1 Å². The van der Waals surface area contributed by atoms with Gasteiger partial charge >= 0.3 is 5.97 Å². The van der Waals surface area contributed by atoms with Gasteiger partial charge in [0.05, 0.1) is 5.56 Å². The maximum absolute atomic E-state index is 13.8. The molecule has 0 saturated heterocycles. The van der Waals surface area contributed by atoms with Crippen LogP contribution in [0.3, 0.4) is 0 Å². The minimum atomic E-state index is -1.11. The number of nitrogens with one attached hydrogen (secondary N) is 2. The van der Waals surface area contributed by atoms with Crippen molar-refractivity contribution < 1.29 is 23.5 Å². The molecule has 2 rings (SSSR count). The van der Waals surface area contributed by atoms with Gasteiger partial charge in [-0.15, -0.1) is 0 Å². The molecule has 2 atom stereocenters. The topological polar surface area (TPSA) is 84.5 Å². The molecule has 0 radical (unpaired) electrons. The van der Waals surface area contributed by atoms with E-state index in [-0.39, 0.29) is 11.5 Å². The molecule has 0 fully saturated rings. The Kier molecular flexibility index (Phi) is 7.73. The van der Waals surface area contributed by atoms with E-state index >= 15 is 0 Å². The van der Waals surface area contributed by atoms with Gasteiger partial charge in [-0.2, -0.15) is 0 Å². The first-order valence-electron chi connectivity index (χ1n) is 9.01. The first-order chi connectivity index (χ1) is 13.7. The highest BCUT2D eigenvalue weighted by molar-refractivity contribution is 6.30. The van der Waals surface area contributed by atoms with Crippen LogP contribution in [0.5, 0.6) is 0 Å². The molecule has 0 aliphatic carbocycles. The molecule has 0 unspecified atom stereocenters. The third kappa shape index (κ3) is 6.29.